The maximum Gasteiger partial charge on any atom is 0.223 e. The van der Waals surface area contributed by atoms with E-state index in [0.29, 0.717) is 37.0 Å². The van der Waals surface area contributed by atoms with Crippen molar-refractivity contribution in [3.05, 3.63) is 24.3 Å². The molecule has 1 atom stereocenters. The van der Waals surface area contributed by atoms with E-state index < -0.39 is 0 Å². The molecule has 1 saturated carbocycles. The summed E-state index contributed by atoms with van der Waals surface area (Å²) in [5.41, 5.74) is 5.85. The van der Waals surface area contributed by atoms with Gasteiger partial charge < -0.3 is 20.5 Å². The summed E-state index contributed by atoms with van der Waals surface area (Å²) in [6.07, 6.45) is 6.44. The van der Waals surface area contributed by atoms with Crippen LogP contribution in [0.4, 0.5) is 0 Å². The maximum absolute atomic E-state index is 12.1. The van der Waals surface area contributed by atoms with Gasteiger partial charge in [0.1, 0.15) is 0 Å². The number of ether oxygens (including phenoxy) is 2. The summed E-state index contributed by atoms with van der Waals surface area (Å²) in [5, 5.41) is 3.08. The Hall–Kier alpha value is -1.46. The summed E-state index contributed by atoms with van der Waals surface area (Å²) in [7, 11) is 1.60. The summed E-state index contributed by atoms with van der Waals surface area (Å²) in [6, 6.07) is 7.53. The first kappa shape index (κ1) is 20.6. The van der Waals surface area contributed by atoms with E-state index in [9.17, 15) is 4.79 Å². The maximum atomic E-state index is 12.1. The third-order valence-corrected chi connectivity index (χ3v) is 4.47. The van der Waals surface area contributed by atoms with Crippen LogP contribution in [-0.2, 0) is 4.79 Å². The smallest absolute Gasteiger partial charge is 0.223 e. The zero-order valence-corrected chi connectivity index (χ0v) is 15.1. The predicted molar refractivity (Wildman–Crippen MR) is 97.9 cm³/mol. The Morgan fingerprint density at radius 1 is 1.25 bits per heavy atom. The van der Waals surface area contributed by atoms with Crippen LogP contribution in [-0.4, -0.2) is 32.2 Å². The number of carbonyl (C=O) groups excluding carboxylic acids is 1. The molecule has 136 valence electrons. The molecule has 1 aliphatic rings. The Kier molecular flexibility index (Phi) is 9.57. The molecule has 0 aromatic heterocycles. The number of methoxy groups -OCH3 is 1. The molecule has 0 radical (unpaired) electrons. The Morgan fingerprint density at radius 2 is 1.92 bits per heavy atom. The number of hydrogen-bond donors (Lipinski definition) is 2. The molecule has 1 aromatic rings. The fourth-order valence-corrected chi connectivity index (χ4v) is 3.18. The molecule has 5 nitrogen and oxygen atoms in total. The first-order valence-electron chi connectivity index (χ1n) is 8.50. The summed E-state index contributed by atoms with van der Waals surface area (Å²) < 4.78 is 10.9. The lowest BCUT2D eigenvalue weighted by molar-refractivity contribution is -0.122. The number of amides is 1. The van der Waals surface area contributed by atoms with E-state index in [0.717, 1.165) is 0 Å². The van der Waals surface area contributed by atoms with E-state index in [1.54, 1.807) is 7.11 Å². The number of nitrogens with one attached hydrogen (secondary N) is 1. The second-order valence-electron chi connectivity index (χ2n) is 6.06. The van der Waals surface area contributed by atoms with Gasteiger partial charge in [-0.3, -0.25) is 4.79 Å². The number of benzene rings is 1. The largest absolute Gasteiger partial charge is 0.493 e. The van der Waals surface area contributed by atoms with Crippen molar-refractivity contribution in [2.24, 2.45) is 11.7 Å². The van der Waals surface area contributed by atoms with Gasteiger partial charge in [-0.05, 0) is 30.9 Å². The van der Waals surface area contributed by atoms with Crippen LogP contribution in [0.3, 0.4) is 0 Å². The molecule has 24 heavy (non-hydrogen) atoms. The highest BCUT2D eigenvalue weighted by Gasteiger charge is 2.23. The van der Waals surface area contributed by atoms with Crippen LogP contribution in [0.15, 0.2) is 24.3 Å². The van der Waals surface area contributed by atoms with E-state index in [1.807, 2.05) is 24.3 Å². The van der Waals surface area contributed by atoms with Crippen LogP contribution in [0.5, 0.6) is 11.5 Å². The Labute approximate surface area is 150 Å². The summed E-state index contributed by atoms with van der Waals surface area (Å²) in [5.74, 6) is 1.86. The fourth-order valence-electron chi connectivity index (χ4n) is 3.18. The van der Waals surface area contributed by atoms with Crippen molar-refractivity contribution in [2.45, 2.75) is 44.6 Å². The van der Waals surface area contributed by atoms with Gasteiger partial charge in [-0.2, -0.15) is 0 Å². The van der Waals surface area contributed by atoms with Gasteiger partial charge in [0.2, 0.25) is 5.91 Å². The highest BCUT2D eigenvalue weighted by Crippen LogP contribution is 2.27. The average Bonchev–Trinajstić information content (AvgIpc) is 2.61. The number of para-hydroxylation sites is 2. The van der Waals surface area contributed by atoms with E-state index >= 15 is 0 Å². The molecular formula is C18H29ClN2O3. The third kappa shape index (κ3) is 6.21. The molecule has 1 aromatic carbocycles. The number of carbonyl (C=O) groups is 1. The minimum atomic E-state index is 0. The molecule has 0 saturated heterocycles. The Balaban J connectivity index is 0.00000288. The van der Waals surface area contributed by atoms with Crippen molar-refractivity contribution in [1.29, 1.82) is 0 Å². The second kappa shape index (κ2) is 11.2. The highest BCUT2D eigenvalue weighted by molar-refractivity contribution is 5.85. The van der Waals surface area contributed by atoms with Crippen LogP contribution in [0.25, 0.3) is 0 Å². The van der Waals surface area contributed by atoms with Crippen molar-refractivity contribution in [2.75, 3.05) is 20.3 Å². The quantitative estimate of drug-likeness (QED) is 0.751. The molecule has 6 heteroatoms. The number of nitrogens with two attached hydrogens (primary N) is 1. The number of rotatable bonds is 8. The minimum absolute atomic E-state index is 0. The van der Waals surface area contributed by atoms with Gasteiger partial charge >= 0.3 is 0 Å². The van der Waals surface area contributed by atoms with E-state index in [2.05, 4.69) is 5.32 Å². The molecule has 0 aliphatic heterocycles. The first-order chi connectivity index (χ1) is 11.2. The summed E-state index contributed by atoms with van der Waals surface area (Å²) >= 11 is 0. The van der Waals surface area contributed by atoms with Crippen molar-refractivity contribution in [3.63, 3.8) is 0 Å². The van der Waals surface area contributed by atoms with Crippen molar-refractivity contribution in [3.8, 4) is 11.5 Å². The van der Waals surface area contributed by atoms with E-state index in [-0.39, 0.29) is 24.4 Å². The molecule has 1 amide bonds. The Bertz CT molecular complexity index is 493. The molecule has 0 bridgehead atoms. The SMILES string of the molecule is COc1ccccc1OCCC(=O)NC(CN)C1CCCCC1.Cl. The van der Waals surface area contributed by atoms with Crippen LogP contribution in [0.1, 0.15) is 38.5 Å². The van der Waals surface area contributed by atoms with E-state index in [1.165, 1.54) is 32.1 Å². The summed E-state index contributed by atoms with van der Waals surface area (Å²) in [6.45, 7) is 0.831. The van der Waals surface area contributed by atoms with E-state index in [4.69, 9.17) is 15.2 Å². The van der Waals surface area contributed by atoms with Crippen LogP contribution in [0.2, 0.25) is 0 Å². The second-order valence-corrected chi connectivity index (χ2v) is 6.06. The summed E-state index contributed by atoms with van der Waals surface area (Å²) in [4.78, 5) is 12.1. The fraction of sp³-hybridized carbons (Fsp3) is 0.611. The van der Waals surface area contributed by atoms with Gasteiger partial charge in [-0.25, -0.2) is 0 Å². The monoisotopic (exact) mass is 356 g/mol. The molecule has 0 heterocycles. The zero-order chi connectivity index (χ0) is 16.5. The molecule has 1 fully saturated rings. The molecule has 3 N–H and O–H groups in total. The normalized spacial score (nSPS) is 15.9. The molecule has 1 aliphatic carbocycles. The molecule has 2 rings (SSSR count). The zero-order valence-electron chi connectivity index (χ0n) is 14.3. The third-order valence-electron chi connectivity index (χ3n) is 4.47. The lowest BCUT2D eigenvalue weighted by atomic mass is 9.84. The Morgan fingerprint density at radius 3 is 2.54 bits per heavy atom. The lowest BCUT2D eigenvalue weighted by Gasteiger charge is -2.30. The molecular weight excluding hydrogens is 328 g/mol. The first-order valence-corrected chi connectivity index (χ1v) is 8.50. The topological polar surface area (TPSA) is 73.6 Å². The minimum Gasteiger partial charge on any atom is -0.493 e. The standard InChI is InChI=1S/C18H28N2O3.ClH/c1-22-16-9-5-6-10-17(16)23-12-11-18(21)20-15(13-19)14-7-3-2-4-8-14;/h5-6,9-10,14-15H,2-4,7-8,11-13,19H2,1H3,(H,20,21);1H. The van der Waals surface area contributed by atoms with Crippen LogP contribution >= 0.6 is 12.4 Å². The van der Waals surface area contributed by atoms with Gasteiger partial charge in [-0.15, -0.1) is 12.4 Å². The average molecular weight is 357 g/mol. The molecule has 0 spiro atoms. The van der Waals surface area contributed by atoms with Crippen molar-refractivity contribution in [1.82, 2.24) is 5.32 Å². The number of hydrogen-bond acceptors (Lipinski definition) is 4. The van der Waals surface area contributed by atoms with Gasteiger partial charge in [0.05, 0.1) is 20.1 Å². The molecule has 1 unspecified atom stereocenters. The van der Waals surface area contributed by atoms with Gasteiger partial charge in [0.25, 0.3) is 0 Å². The van der Waals surface area contributed by atoms with Gasteiger partial charge in [0.15, 0.2) is 11.5 Å². The number of halogens is 1. The van der Waals surface area contributed by atoms with Crippen molar-refractivity contribution < 1.29 is 14.3 Å². The van der Waals surface area contributed by atoms with Crippen molar-refractivity contribution >= 4 is 18.3 Å². The van der Waals surface area contributed by atoms with Crippen LogP contribution in [0, 0.1) is 5.92 Å². The van der Waals surface area contributed by atoms with Gasteiger partial charge in [0, 0.05) is 12.6 Å². The lowest BCUT2D eigenvalue weighted by Crippen LogP contribution is -2.46. The highest BCUT2D eigenvalue weighted by atomic mass is 35.5. The van der Waals surface area contributed by atoms with Gasteiger partial charge in [-0.1, -0.05) is 31.4 Å². The predicted octanol–water partition coefficient (Wildman–Crippen LogP) is 2.91. The van der Waals surface area contributed by atoms with Crippen LogP contribution < -0.4 is 20.5 Å².